The van der Waals surface area contributed by atoms with Crippen molar-refractivity contribution in [3.63, 3.8) is 0 Å². The molecule has 37 heavy (non-hydrogen) atoms. The molecule has 0 unspecified atom stereocenters. The molecule has 0 spiro atoms. The van der Waals surface area contributed by atoms with E-state index in [2.05, 4.69) is 14.4 Å². The fourth-order valence-corrected chi connectivity index (χ4v) is 5.83. The maximum atomic E-state index is 14.4. The van der Waals surface area contributed by atoms with Crippen LogP contribution < -0.4 is 15.5 Å². The molecule has 0 fully saturated rings. The molecule has 0 saturated carbocycles. The minimum Gasteiger partial charge on any atom is -0.494 e. The first-order valence-corrected chi connectivity index (χ1v) is 14.1. The van der Waals surface area contributed by atoms with Gasteiger partial charge < -0.3 is 10.4 Å². The van der Waals surface area contributed by atoms with Crippen LogP contribution in [0.2, 0.25) is 0 Å². The molecule has 0 aliphatic carbocycles. The number of amidine groups is 1. The molecular weight excluding hydrogens is 523 g/mol. The second kappa shape index (κ2) is 8.71. The molecule has 0 saturated heterocycles. The van der Waals surface area contributed by atoms with Crippen molar-refractivity contribution < 1.29 is 26.3 Å². The maximum absolute atomic E-state index is 14.4. The van der Waals surface area contributed by atoms with E-state index < -0.39 is 48.6 Å². The van der Waals surface area contributed by atoms with Crippen molar-refractivity contribution in [1.29, 1.82) is 0 Å². The Morgan fingerprint density at radius 1 is 1.11 bits per heavy atom. The average molecular weight is 543 g/mol. The fourth-order valence-electron chi connectivity index (χ4n) is 4.12. The number of anilines is 2. The Morgan fingerprint density at radius 2 is 1.84 bits per heavy atom. The lowest BCUT2D eigenvalue weighted by Crippen LogP contribution is -2.30. The molecule has 190 valence electrons. The number of aromatic nitrogens is 1. The first-order valence-electron chi connectivity index (χ1n) is 10.8. The molecule has 3 N–H and O–H groups in total. The fraction of sp³-hybridized carbons (Fsp3) is 0.0833. The predicted octanol–water partition coefficient (Wildman–Crippen LogP) is 2.67. The van der Waals surface area contributed by atoms with Crippen molar-refractivity contribution in [3.05, 3.63) is 99.6 Å². The van der Waals surface area contributed by atoms with E-state index in [-0.39, 0.29) is 33.8 Å². The number of pyridine rings is 2. The monoisotopic (exact) mass is 542 g/mol. The third-order valence-corrected chi connectivity index (χ3v) is 7.63. The van der Waals surface area contributed by atoms with Crippen LogP contribution in [0.4, 0.5) is 15.8 Å². The zero-order valence-corrected chi connectivity index (χ0v) is 20.8. The van der Waals surface area contributed by atoms with E-state index in [1.807, 2.05) is 0 Å². The molecule has 0 radical (unpaired) electrons. The Bertz CT molecular complexity index is 1900. The van der Waals surface area contributed by atoms with E-state index in [0.29, 0.717) is 5.52 Å². The zero-order chi connectivity index (χ0) is 26.5. The largest absolute Gasteiger partial charge is 0.494 e. The van der Waals surface area contributed by atoms with Crippen molar-refractivity contribution in [3.8, 4) is 5.88 Å². The molecule has 2 aromatic heterocycles. The normalized spacial score (nSPS) is 14.5. The highest BCUT2D eigenvalue weighted by molar-refractivity contribution is 7.92. The molecule has 2 aromatic carbocycles. The summed E-state index contributed by atoms with van der Waals surface area (Å²) >= 11 is 0. The summed E-state index contributed by atoms with van der Waals surface area (Å²) in [4.78, 5) is 13.3. The molecule has 0 atom stereocenters. The molecule has 0 bridgehead atoms. The molecule has 10 nitrogen and oxygen atoms in total. The second-order valence-corrected chi connectivity index (χ2v) is 11.7. The van der Waals surface area contributed by atoms with E-state index in [9.17, 15) is 31.1 Å². The summed E-state index contributed by atoms with van der Waals surface area (Å²) in [6.07, 6.45) is 2.28. The number of hydrogen-bond acceptors (Lipinski definition) is 7. The van der Waals surface area contributed by atoms with Gasteiger partial charge in [-0.3, -0.25) is 13.9 Å². The summed E-state index contributed by atoms with van der Waals surface area (Å²) < 4.78 is 70.8. The Labute approximate surface area is 210 Å². The van der Waals surface area contributed by atoms with Gasteiger partial charge in [0.25, 0.3) is 10.0 Å². The van der Waals surface area contributed by atoms with Gasteiger partial charge in [-0.15, -0.1) is 4.40 Å². The number of hydrogen-bond donors (Lipinski definition) is 3. The minimum atomic E-state index is -4.41. The Morgan fingerprint density at radius 3 is 2.57 bits per heavy atom. The van der Waals surface area contributed by atoms with Crippen LogP contribution in [-0.4, -0.2) is 38.4 Å². The smallest absolute Gasteiger partial charge is 0.286 e. The molecule has 1 aliphatic rings. The second-order valence-electron chi connectivity index (χ2n) is 8.36. The quantitative estimate of drug-likeness (QED) is 0.351. The molecule has 3 heterocycles. The summed E-state index contributed by atoms with van der Waals surface area (Å²) in [5.41, 5.74) is -0.436. The zero-order valence-electron chi connectivity index (χ0n) is 19.1. The van der Waals surface area contributed by atoms with Crippen LogP contribution in [0.5, 0.6) is 5.88 Å². The number of nitrogens with zero attached hydrogens (tertiary/aromatic N) is 2. The van der Waals surface area contributed by atoms with Gasteiger partial charge in [0.2, 0.25) is 21.3 Å². The minimum absolute atomic E-state index is 0.00562. The van der Waals surface area contributed by atoms with E-state index in [1.165, 1.54) is 40.9 Å². The van der Waals surface area contributed by atoms with Crippen molar-refractivity contribution in [2.24, 2.45) is 4.40 Å². The van der Waals surface area contributed by atoms with Gasteiger partial charge in [-0.2, -0.15) is 8.42 Å². The lowest BCUT2D eigenvalue weighted by molar-refractivity contribution is 0.443. The van der Waals surface area contributed by atoms with Crippen LogP contribution in [0.3, 0.4) is 0 Å². The summed E-state index contributed by atoms with van der Waals surface area (Å²) in [5, 5.41) is 13.8. The summed E-state index contributed by atoms with van der Waals surface area (Å²) in [7, 11) is -8.08. The highest BCUT2D eigenvalue weighted by atomic mass is 32.2. The number of fused-ring (bicyclic) bond motifs is 2. The first kappa shape index (κ1) is 24.5. The number of rotatable bonds is 5. The van der Waals surface area contributed by atoms with Gasteiger partial charge in [0, 0.05) is 23.9 Å². The van der Waals surface area contributed by atoms with Gasteiger partial charge in [0.05, 0.1) is 17.5 Å². The third-order valence-electron chi connectivity index (χ3n) is 5.71. The Kier molecular flexibility index (Phi) is 5.76. The topological polar surface area (TPSA) is 146 Å². The van der Waals surface area contributed by atoms with Crippen LogP contribution in [0.15, 0.2) is 80.9 Å². The third kappa shape index (κ3) is 4.54. The van der Waals surface area contributed by atoms with Gasteiger partial charge in [-0.05, 0) is 42.0 Å². The van der Waals surface area contributed by atoms with Crippen LogP contribution in [0.1, 0.15) is 16.7 Å². The van der Waals surface area contributed by atoms with Crippen LogP contribution >= 0.6 is 0 Å². The number of sulfonamides is 2. The lowest BCUT2D eigenvalue weighted by Gasteiger charge is -2.21. The first-order chi connectivity index (χ1) is 17.4. The predicted molar refractivity (Wildman–Crippen MR) is 137 cm³/mol. The molecule has 1 aliphatic heterocycles. The highest BCUT2D eigenvalue weighted by Crippen LogP contribution is 2.33. The Hall–Kier alpha value is -4.23. The van der Waals surface area contributed by atoms with Crippen molar-refractivity contribution in [2.75, 3.05) is 16.3 Å². The number of halogens is 1. The standard InChI is InChI=1S/C24H19FN4O6S2/c1-36(32,33)27-15-9-10-18-20(13-15)37(34,35)28-23(26-18)21-22(30)16(12-14-6-2-3-7-17(14)25)19-8-4-5-11-29(19)24(21)31/h2-11,13,27,31H,12H2,1H3,(H,26,28). The van der Waals surface area contributed by atoms with Gasteiger partial charge in [0.1, 0.15) is 16.3 Å². The van der Waals surface area contributed by atoms with Crippen molar-refractivity contribution >= 4 is 42.8 Å². The molecule has 5 rings (SSSR count). The van der Waals surface area contributed by atoms with Crippen LogP contribution in [-0.2, 0) is 26.5 Å². The number of nitrogens with one attached hydrogen (secondary N) is 2. The van der Waals surface area contributed by atoms with Gasteiger partial charge in [0.15, 0.2) is 5.84 Å². The van der Waals surface area contributed by atoms with E-state index in [1.54, 1.807) is 24.3 Å². The van der Waals surface area contributed by atoms with E-state index in [4.69, 9.17) is 0 Å². The van der Waals surface area contributed by atoms with Crippen LogP contribution in [0.25, 0.3) is 5.52 Å². The van der Waals surface area contributed by atoms with Gasteiger partial charge >= 0.3 is 0 Å². The average Bonchev–Trinajstić information content (AvgIpc) is 2.82. The lowest BCUT2D eigenvalue weighted by atomic mass is 10.0. The number of aromatic hydroxyl groups is 1. The van der Waals surface area contributed by atoms with E-state index in [0.717, 1.165) is 12.3 Å². The summed E-state index contributed by atoms with van der Waals surface area (Å²) in [6, 6.07) is 14.5. The molecule has 0 amide bonds. The van der Waals surface area contributed by atoms with Crippen molar-refractivity contribution in [1.82, 2.24) is 4.40 Å². The maximum Gasteiger partial charge on any atom is 0.286 e. The molecular formula is C24H19FN4O6S2. The molecule has 4 aromatic rings. The van der Waals surface area contributed by atoms with Crippen molar-refractivity contribution in [2.45, 2.75) is 11.3 Å². The molecule has 13 heteroatoms. The van der Waals surface area contributed by atoms with E-state index >= 15 is 0 Å². The van der Waals surface area contributed by atoms with Gasteiger partial charge in [-0.25, -0.2) is 12.8 Å². The highest BCUT2D eigenvalue weighted by Gasteiger charge is 2.30. The van der Waals surface area contributed by atoms with Gasteiger partial charge in [-0.1, -0.05) is 24.3 Å². The Balaban J connectivity index is 1.69. The summed E-state index contributed by atoms with van der Waals surface area (Å²) in [5.74, 6) is -1.50. The van der Waals surface area contributed by atoms with Crippen LogP contribution in [0, 0.1) is 5.82 Å². The summed E-state index contributed by atoms with van der Waals surface area (Å²) in [6.45, 7) is 0. The SMILES string of the molecule is CS(=O)(=O)Nc1ccc2c(c1)S(=O)(=O)N=C(c1c(O)n3ccccc3c(Cc3ccccc3F)c1=O)N2. The number of benzene rings is 2.